The van der Waals surface area contributed by atoms with Crippen molar-refractivity contribution in [1.29, 1.82) is 0 Å². The number of ether oxygens (including phenoxy) is 3. The lowest BCUT2D eigenvalue weighted by Crippen LogP contribution is -2.45. The van der Waals surface area contributed by atoms with Gasteiger partial charge in [-0.05, 0) is 61.8 Å². The minimum Gasteiger partial charge on any atom is -0.463 e. The molecule has 1 amide bonds. The largest absolute Gasteiger partial charge is 0.463 e. The first-order chi connectivity index (χ1) is 22.9. The number of rotatable bonds is 9. The summed E-state index contributed by atoms with van der Waals surface area (Å²) >= 11 is 0. The second-order valence-electron chi connectivity index (χ2n) is 13.6. The first-order valence-corrected chi connectivity index (χ1v) is 17.1. The van der Waals surface area contributed by atoms with Crippen LogP contribution in [0.2, 0.25) is 0 Å². The molecule has 3 fully saturated rings. The van der Waals surface area contributed by atoms with Crippen LogP contribution >= 0.6 is 0 Å². The van der Waals surface area contributed by atoms with Crippen LogP contribution < -0.4 is 15.0 Å². The summed E-state index contributed by atoms with van der Waals surface area (Å²) in [5, 5.41) is 3.00. The molecule has 0 spiro atoms. The van der Waals surface area contributed by atoms with Crippen LogP contribution in [-0.2, 0) is 33.7 Å². The van der Waals surface area contributed by atoms with Crippen molar-refractivity contribution in [1.82, 2.24) is 25.1 Å². The van der Waals surface area contributed by atoms with Gasteiger partial charge in [0.15, 0.2) is 0 Å². The van der Waals surface area contributed by atoms with E-state index in [1.54, 1.807) is 0 Å². The molecule has 2 saturated heterocycles. The summed E-state index contributed by atoms with van der Waals surface area (Å²) in [6.07, 6.45) is 13.0. The smallest absolute Gasteiger partial charge is 0.318 e. The third-order valence-electron chi connectivity index (χ3n) is 10.4. The summed E-state index contributed by atoms with van der Waals surface area (Å²) in [4.78, 5) is 29.4. The number of fused-ring (bicyclic) bond motifs is 2. The average Bonchev–Trinajstić information content (AvgIpc) is 3.90. The van der Waals surface area contributed by atoms with Crippen molar-refractivity contribution < 1.29 is 23.4 Å². The zero-order valence-electron chi connectivity index (χ0n) is 27.1. The first-order valence-electron chi connectivity index (χ1n) is 17.1. The number of aromatic nitrogens is 2. The molecule has 1 N–H and O–H groups in total. The predicted octanol–water partition coefficient (Wildman–Crippen LogP) is 3.03. The molecule has 5 aliphatic rings. The Morgan fingerprint density at radius 1 is 1.17 bits per heavy atom. The van der Waals surface area contributed by atoms with E-state index in [9.17, 15) is 9.18 Å². The number of nitrogens with one attached hydrogen (secondary N) is 1. The molecule has 0 radical (unpaired) electrons. The van der Waals surface area contributed by atoms with Crippen LogP contribution in [0, 0.1) is 23.6 Å². The molecule has 2 atom stereocenters. The lowest BCUT2D eigenvalue weighted by molar-refractivity contribution is -0.117. The molecule has 1 unspecified atom stereocenters. The Hall–Kier alpha value is -3.56. The number of aryl methyl sites for hydroxylation is 1. The second kappa shape index (κ2) is 13.9. The standard InChI is InChI=1S/C36H45FN6O4/c1-3-27-29(37)9-8-25-6-5-7-31(33(25)27)42-13-10-28-30(21-42)39-35(47-24-36(11-12-36)23-41-14-17-45-18-15-41)40-34(28)43-16-19-46-22-26(20-43)38-32(44)4-2/h1,4,8-9,26,31H,2,5-7,10-24H2,(H,38,44)/t26-,31?/m0/s1. The van der Waals surface area contributed by atoms with E-state index in [4.69, 9.17) is 30.6 Å². The van der Waals surface area contributed by atoms with Crippen molar-refractivity contribution in [3.05, 3.63) is 58.6 Å². The van der Waals surface area contributed by atoms with Gasteiger partial charge in [-0.25, -0.2) is 4.39 Å². The van der Waals surface area contributed by atoms with E-state index in [1.165, 1.54) is 12.1 Å². The maximum absolute atomic E-state index is 14.9. The highest BCUT2D eigenvalue weighted by atomic mass is 19.1. The minimum absolute atomic E-state index is 0.0183. The lowest BCUT2D eigenvalue weighted by atomic mass is 9.83. The molecule has 47 heavy (non-hydrogen) atoms. The highest BCUT2D eigenvalue weighted by Crippen LogP contribution is 2.47. The van der Waals surface area contributed by atoms with Crippen molar-refractivity contribution >= 4 is 11.7 Å². The number of amides is 1. The SMILES string of the molecule is C#Cc1c(F)ccc2c1C(N1CCc3c(nc(OCC4(CN5CCOCC5)CC4)nc3N3CCOC[C@@H](NC(=O)C=C)C3)C1)CCC2. The average molecular weight is 645 g/mol. The van der Waals surface area contributed by atoms with E-state index in [1.807, 2.05) is 6.07 Å². The molecule has 11 heteroatoms. The summed E-state index contributed by atoms with van der Waals surface area (Å²) in [6, 6.07) is 3.59. The normalized spacial score (nSPS) is 24.3. The Labute approximate surface area is 276 Å². The summed E-state index contributed by atoms with van der Waals surface area (Å²) in [5.41, 5.74) is 4.61. The first kappa shape index (κ1) is 32.0. The number of anilines is 1. The molecule has 10 nitrogen and oxygen atoms in total. The molecule has 1 aromatic carbocycles. The molecule has 1 saturated carbocycles. The number of terminal acetylenes is 1. The van der Waals surface area contributed by atoms with Gasteiger partial charge in [0.05, 0.1) is 50.3 Å². The zero-order chi connectivity index (χ0) is 32.4. The van der Waals surface area contributed by atoms with E-state index < -0.39 is 0 Å². The van der Waals surface area contributed by atoms with Crippen molar-refractivity contribution in [3.63, 3.8) is 0 Å². The van der Waals surface area contributed by atoms with E-state index in [0.29, 0.717) is 51.0 Å². The van der Waals surface area contributed by atoms with Crippen LogP contribution in [0.4, 0.5) is 10.2 Å². The molecule has 2 aromatic rings. The van der Waals surface area contributed by atoms with Gasteiger partial charge in [0.2, 0.25) is 5.91 Å². The second-order valence-corrected chi connectivity index (χ2v) is 13.6. The highest BCUT2D eigenvalue weighted by molar-refractivity contribution is 5.87. The number of hydrogen-bond acceptors (Lipinski definition) is 9. The van der Waals surface area contributed by atoms with E-state index in [2.05, 4.69) is 32.5 Å². The number of hydrogen-bond donors (Lipinski definition) is 1. The van der Waals surface area contributed by atoms with Crippen LogP contribution in [0.3, 0.4) is 0 Å². The summed E-state index contributed by atoms with van der Waals surface area (Å²) in [5.74, 6) is 2.94. The van der Waals surface area contributed by atoms with E-state index in [-0.39, 0.29) is 29.2 Å². The van der Waals surface area contributed by atoms with Gasteiger partial charge < -0.3 is 24.4 Å². The number of halogens is 1. The fourth-order valence-corrected chi connectivity index (χ4v) is 7.70. The molecule has 2 aliphatic carbocycles. The topological polar surface area (TPSA) is 92.3 Å². The van der Waals surface area contributed by atoms with E-state index >= 15 is 0 Å². The summed E-state index contributed by atoms with van der Waals surface area (Å²) in [7, 11) is 0. The minimum atomic E-state index is -0.330. The Balaban J connectivity index is 1.18. The van der Waals surface area contributed by atoms with Crippen LogP contribution in [-0.4, -0.2) is 104 Å². The van der Waals surface area contributed by atoms with Crippen molar-refractivity contribution in [2.24, 2.45) is 5.41 Å². The van der Waals surface area contributed by atoms with Gasteiger partial charge in [0.25, 0.3) is 0 Å². The van der Waals surface area contributed by atoms with Crippen molar-refractivity contribution in [2.75, 3.05) is 77.2 Å². The van der Waals surface area contributed by atoms with Gasteiger partial charge in [0, 0.05) is 62.8 Å². The van der Waals surface area contributed by atoms with Crippen molar-refractivity contribution in [3.8, 4) is 18.4 Å². The monoisotopic (exact) mass is 644 g/mol. The fraction of sp³-hybridized carbons (Fsp3) is 0.583. The Kier molecular flexibility index (Phi) is 9.46. The fourth-order valence-electron chi connectivity index (χ4n) is 7.70. The van der Waals surface area contributed by atoms with Crippen LogP contribution in [0.25, 0.3) is 0 Å². The zero-order valence-corrected chi connectivity index (χ0v) is 27.1. The molecular weight excluding hydrogens is 599 g/mol. The molecule has 0 bridgehead atoms. The molecule has 3 aliphatic heterocycles. The van der Waals surface area contributed by atoms with Gasteiger partial charge in [-0.1, -0.05) is 18.6 Å². The molecule has 250 valence electrons. The summed E-state index contributed by atoms with van der Waals surface area (Å²) < 4.78 is 32.8. The lowest BCUT2D eigenvalue weighted by Gasteiger charge is -2.40. The maximum Gasteiger partial charge on any atom is 0.318 e. The van der Waals surface area contributed by atoms with Gasteiger partial charge in [-0.15, -0.1) is 6.42 Å². The number of benzene rings is 1. The Morgan fingerprint density at radius 2 is 2.00 bits per heavy atom. The van der Waals surface area contributed by atoms with Crippen LogP contribution in [0.5, 0.6) is 6.01 Å². The molecular formula is C36H45FN6O4. The number of carbonyl (C=O) groups excluding carboxylic acids is 1. The third kappa shape index (κ3) is 7.02. The Morgan fingerprint density at radius 3 is 2.79 bits per heavy atom. The molecule has 7 rings (SSSR count). The van der Waals surface area contributed by atoms with Gasteiger partial charge in [-0.2, -0.15) is 9.97 Å². The quantitative estimate of drug-likeness (QED) is 0.327. The molecule has 4 heterocycles. The number of carbonyl (C=O) groups is 1. The molecule has 1 aromatic heterocycles. The van der Waals surface area contributed by atoms with Crippen molar-refractivity contribution in [2.45, 2.75) is 57.2 Å². The highest BCUT2D eigenvalue weighted by Gasteiger charge is 2.45. The van der Waals surface area contributed by atoms with Crippen LogP contribution in [0.15, 0.2) is 24.8 Å². The maximum atomic E-state index is 14.9. The number of nitrogens with zero attached hydrogens (tertiary/aromatic N) is 5. The number of morpholine rings is 1. The Bertz CT molecular complexity index is 1530. The third-order valence-corrected chi connectivity index (χ3v) is 10.4. The van der Waals surface area contributed by atoms with Gasteiger partial charge in [-0.3, -0.25) is 14.6 Å². The van der Waals surface area contributed by atoms with Gasteiger partial charge >= 0.3 is 6.01 Å². The van der Waals surface area contributed by atoms with Crippen LogP contribution in [0.1, 0.15) is 59.7 Å². The van der Waals surface area contributed by atoms with E-state index in [0.717, 1.165) is 106 Å². The van der Waals surface area contributed by atoms with Gasteiger partial charge in [0.1, 0.15) is 11.6 Å². The predicted molar refractivity (Wildman–Crippen MR) is 176 cm³/mol. The summed E-state index contributed by atoms with van der Waals surface area (Å²) in [6.45, 7) is 12.1.